The SMILES string of the molecule is CC1(C)C=Cc2cc(CC#N)ccc2O1. The molecule has 1 aliphatic rings. The third kappa shape index (κ3) is 2.02. The van der Waals surface area contributed by atoms with Gasteiger partial charge in [0.05, 0.1) is 12.5 Å². The topological polar surface area (TPSA) is 33.0 Å². The Kier molecular flexibility index (Phi) is 2.24. The molecular formula is C13H13NO. The second-order valence-electron chi connectivity index (χ2n) is 4.25. The zero-order valence-electron chi connectivity index (χ0n) is 8.95. The van der Waals surface area contributed by atoms with Gasteiger partial charge in [0.2, 0.25) is 0 Å². The van der Waals surface area contributed by atoms with Crippen molar-refractivity contribution in [2.45, 2.75) is 25.9 Å². The average Bonchev–Trinajstić information content (AvgIpc) is 2.18. The van der Waals surface area contributed by atoms with E-state index in [2.05, 4.69) is 12.1 Å². The minimum atomic E-state index is -0.232. The Morgan fingerprint density at radius 1 is 1.40 bits per heavy atom. The van der Waals surface area contributed by atoms with E-state index >= 15 is 0 Å². The van der Waals surface area contributed by atoms with E-state index < -0.39 is 0 Å². The van der Waals surface area contributed by atoms with Crippen LogP contribution in [0.5, 0.6) is 5.75 Å². The third-order valence-corrected chi connectivity index (χ3v) is 2.39. The van der Waals surface area contributed by atoms with Crippen LogP contribution in [-0.4, -0.2) is 5.60 Å². The van der Waals surface area contributed by atoms with Crippen LogP contribution < -0.4 is 4.74 Å². The summed E-state index contributed by atoms with van der Waals surface area (Å²) < 4.78 is 5.78. The first-order valence-electron chi connectivity index (χ1n) is 4.99. The molecule has 1 aromatic rings. The van der Waals surface area contributed by atoms with Crippen molar-refractivity contribution in [3.8, 4) is 11.8 Å². The van der Waals surface area contributed by atoms with Crippen LogP contribution in [0.2, 0.25) is 0 Å². The molecule has 0 aliphatic carbocycles. The molecule has 0 spiro atoms. The molecule has 0 bridgehead atoms. The molecule has 2 rings (SSSR count). The lowest BCUT2D eigenvalue weighted by molar-refractivity contribution is 0.159. The zero-order chi connectivity index (χ0) is 10.9. The van der Waals surface area contributed by atoms with E-state index in [1.165, 1.54) is 0 Å². The van der Waals surface area contributed by atoms with Gasteiger partial charge in [0.15, 0.2) is 0 Å². The molecule has 1 aliphatic heterocycles. The fourth-order valence-corrected chi connectivity index (χ4v) is 1.63. The van der Waals surface area contributed by atoms with Gasteiger partial charge in [0.25, 0.3) is 0 Å². The number of ether oxygens (including phenoxy) is 1. The summed E-state index contributed by atoms with van der Waals surface area (Å²) in [6.45, 7) is 4.05. The summed E-state index contributed by atoms with van der Waals surface area (Å²) >= 11 is 0. The van der Waals surface area contributed by atoms with Gasteiger partial charge in [0, 0.05) is 5.56 Å². The Labute approximate surface area is 89.8 Å². The predicted molar refractivity (Wildman–Crippen MR) is 59.5 cm³/mol. The summed E-state index contributed by atoms with van der Waals surface area (Å²) in [6.07, 6.45) is 4.54. The number of nitriles is 1. The highest BCUT2D eigenvalue weighted by atomic mass is 16.5. The quantitative estimate of drug-likeness (QED) is 0.696. The molecule has 76 valence electrons. The van der Waals surface area contributed by atoms with Crippen molar-refractivity contribution in [3.63, 3.8) is 0 Å². The molecule has 0 aromatic heterocycles. The van der Waals surface area contributed by atoms with Crippen LogP contribution in [0.15, 0.2) is 24.3 Å². The molecule has 15 heavy (non-hydrogen) atoms. The van der Waals surface area contributed by atoms with Gasteiger partial charge >= 0.3 is 0 Å². The van der Waals surface area contributed by atoms with Crippen molar-refractivity contribution in [1.29, 1.82) is 5.26 Å². The number of hydrogen-bond donors (Lipinski definition) is 0. The molecule has 0 saturated heterocycles. The molecule has 0 N–H and O–H groups in total. The van der Waals surface area contributed by atoms with E-state index in [-0.39, 0.29) is 5.60 Å². The fourth-order valence-electron chi connectivity index (χ4n) is 1.63. The summed E-state index contributed by atoms with van der Waals surface area (Å²) in [5.41, 5.74) is 1.86. The Morgan fingerprint density at radius 2 is 2.20 bits per heavy atom. The van der Waals surface area contributed by atoms with Crippen LogP contribution in [0.3, 0.4) is 0 Å². The summed E-state index contributed by atoms with van der Waals surface area (Å²) in [5, 5.41) is 8.61. The molecule has 0 fully saturated rings. The van der Waals surface area contributed by atoms with E-state index in [0.29, 0.717) is 6.42 Å². The van der Waals surface area contributed by atoms with Crippen LogP contribution in [0.4, 0.5) is 0 Å². The lowest BCUT2D eigenvalue weighted by Crippen LogP contribution is -2.27. The van der Waals surface area contributed by atoms with Crippen molar-refractivity contribution >= 4 is 6.08 Å². The highest BCUT2D eigenvalue weighted by Gasteiger charge is 2.21. The Balaban J connectivity index is 2.37. The van der Waals surface area contributed by atoms with Crippen molar-refractivity contribution in [1.82, 2.24) is 0 Å². The van der Waals surface area contributed by atoms with Gasteiger partial charge in [-0.15, -0.1) is 0 Å². The zero-order valence-corrected chi connectivity index (χ0v) is 8.95. The first kappa shape index (κ1) is 9.79. The van der Waals surface area contributed by atoms with Gasteiger partial charge in [-0.05, 0) is 37.6 Å². The second kappa shape index (κ2) is 3.43. The van der Waals surface area contributed by atoms with Gasteiger partial charge in [-0.25, -0.2) is 0 Å². The van der Waals surface area contributed by atoms with Crippen molar-refractivity contribution in [3.05, 3.63) is 35.4 Å². The van der Waals surface area contributed by atoms with Crippen LogP contribution >= 0.6 is 0 Å². The maximum atomic E-state index is 8.61. The van der Waals surface area contributed by atoms with E-state index in [0.717, 1.165) is 16.9 Å². The molecule has 0 radical (unpaired) electrons. The molecule has 0 saturated carbocycles. The largest absolute Gasteiger partial charge is 0.483 e. The summed E-state index contributed by atoms with van der Waals surface area (Å²) in [5.74, 6) is 0.893. The lowest BCUT2D eigenvalue weighted by atomic mass is 10.0. The van der Waals surface area contributed by atoms with E-state index in [4.69, 9.17) is 10.00 Å². The van der Waals surface area contributed by atoms with E-state index in [1.807, 2.05) is 38.1 Å². The standard InChI is InChI=1S/C13H13NO/c1-13(2)7-5-11-9-10(6-8-14)3-4-12(11)15-13/h3-5,7,9H,6H2,1-2H3. The lowest BCUT2D eigenvalue weighted by Gasteiger charge is -2.27. The summed E-state index contributed by atoms with van der Waals surface area (Å²) in [4.78, 5) is 0. The minimum absolute atomic E-state index is 0.232. The van der Waals surface area contributed by atoms with Crippen molar-refractivity contribution < 1.29 is 4.74 Å². The van der Waals surface area contributed by atoms with Crippen LogP contribution in [-0.2, 0) is 6.42 Å². The third-order valence-electron chi connectivity index (χ3n) is 2.39. The average molecular weight is 199 g/mol. The van der Waals surface area contributed by atoms with Gasteiger partial charge in [-0.1, -0.05) is 12.1 Å². The smallest absolute Gasteiger partial charge is 0.127 e. The summed E-state index contributed by atoms with van der Waals surface area (Å²) in [6, 6.07) is 8.03. The van der Waals surface area contributed by atoms with Crippen LogP contribution in [0.1, 0.15) is 25.0 Å². The molecule has 0 atom stereocenters. The molecule has 2 heteroatoms. The van der Waals surface area contributed by atoms with E-state index in [9.17, 15) is 0 Å². The molecule has 0 unspecified atom stereocenters. The number of benzene rings is 1. The first-order chi connectivity index (χ1) is 7.11. The molecule has 2 nitrogen and oxygen atoms in total. The predicted octanol–water partition coefficient (Wildman–Crippen LogP) is 2.94. The normalized spacial score (nSPS) is 16.3. The summed E-state index contributed by atoms with van der Waals surface area (Å²) in [7, 11) is 0. The molecular weight excluding hydrogens is 186 g/mol. The number of hydrogen-bond acceptors (Lipinski definition) is 2. The highest BCUT2D eigenvalue weighted by molar-refractivity contribution is 5.61. The van der Waals surface area contributed by atoms with Crippen molar-refractivity contribution in [2.24, 2.45) is 0 Å². The number of fused-ring (bicyclic) bond motifs is 1. The first-order valence-corrected chi connectivity index (χ1v) is 4.99. The number of rotatable bonds is 1. The Bertz CT molecular complexity index is 452. The molecule has 1 heterocycles. The maximum absolute atomic E-state index is 8.61. The molecule has 1 aromatic carbocycles. The minimum Gasteiger partial charge on any atom is -0.483 e. The van der Waals surface area contributed by atoms with Gasteiger partial charge in [-0.2, -0.15) is 5.26 Å². The number of nitrogens with zero attached hydrogens (tertiary/aromatic N) is 1. The molecule has 0 amide bonds. The highest BCUT2D eigenvalue weighted by Crippen LogP contribution is 2.31. The Hall–Kier alpha value is -1.75. The second-order valence-corrected chi connectivity index (χ2v) is 4.25. The van der Waals surface area contributed by atoms with Crippen LogP contribution in [0.25, 0.3) is 6.08 Å². The van der Waals surface area contributed by atoms with Gasteiger partial charge in [0.1, 0.15) is 11.4 Å². The van der Waals surface area contributed by atoms with E-state index in [1.54, 1.807) is 0 Å². The van der Waals surface area contributed by atoms with Gasteiger partial charge in [-0.3, -0.25) is 0 Å². The fraction of sp³-hybridized carbons (Fsp3) is 0.308. The maximum Gasteiger partial charge on any atom is 0.127 e. The van der Waals surface area contributed by atoms with Crippen molar-refractivity contribution in [2.75, 3.05) is 0 Å². The monoisotopic (exact) mass is 199 g/mol. The Morgan fingerprint density at radius 3 is 2.93 bits per heavy atom. The van der Waals surface area contributed by atoms with Crippen LogP contribution in [0, 0.1) is 11.3 Å². The van der Waals surface area contributed by atoms with Gasteiger partial charge < -0.3 is 4.74 Å².